The van der Waals surface area contributed by atoms with Crippen molar-refractivity contribution < 1.29 is 13.9 Å². The lowest BCUT2D eigenvalue weighted by Crippen LogP contribution is -2.33. The van der Waals surface area contributed by atoms with Crippen LogP contribution in [0.4, 0.5) is 0 Å². The lowest BCUT2D eigenvalue weighted by atomic mass is 10.2. The zero-order chi connectivity index (χ0) is 18.5. The quantitative estimate of drug-likeness (QED) is 0.633. The van der Waals surface area contributed by atoms with E-state index in [1.54, 1.807) is 47.4 Å². The predicted octanol–water partition coefficient (Wildman–Crippen LogP) is 3.72. The molecule has 0 aliphatic rings. The maximum atomic E-state index is 13.1. The maximum absolute atomic E-state index is 13.1. The first-order valence-electron chi connectivity index (χ1n) is 8.21. The Morgan fingerprint density at radius 2 is 2.19 bits per heavy atom. The first-order valence-corrected chi connectivity index (χ1v) is 8.59. The van der Waals surface area contributed by atoms with E-state index in [0.717, 1.165) is 11.4 Å². The number of carbonyl (C=O) groups excluding carboxylic acids is 1. The Kier molecular flexibility index (Phi) is 5.75. The number of benzene rings is 1. The summed E-state index contributed by atoms with van der Waals surface area (Å²) in [6, 6.07) is 11.0. The zero-order valence-electron chi connectivity index (χ0n) is 14.7. The van der Waals surface area contributed by atoms with Crippen LogP contribution in [-0.4, -0.2) is 40.8 Å². The highest BCUT2D eigenvalue weighted by Gasteiger charge is 2.22. The van der Waals surface area contributed by atoms with Gasteiger partial charge in [0.05, 0.1) is 42.6 Å². The van der Waals surface area contributed by atoms with Gasteiger partial charge in [-0.1, -0.05) is 17.7 Å². The summed E-state index contributed by atoms with van der Waals surface area (Å²) in [4.78, 5) is 14.7. The number of hydrogen-bond donors (Lipinski definition) is 0. The molecule has 0 fully saturated rings. The van der Waals surface area contributed by atoms with Crippen LogP contribution in [0.15, 0.2) is 53.3 Å². The van der Waals surface area contributed by atoms with Crippen molar-refractivity contribution in [3.63, 3.8) is 0 Å². The Morgan fingerprint density at radius 3 is 2.88 bits per heavy atom. The summed E-state index contributed by atoms with van der Waals surface area (Å²) in [6.07, 6.45) is 3.18. The van der Waals surface area contributed by atoms with Gasteiger partial charge in [0, 0.05) is 18.7 Å². The summed E-state index contributed by atoms with van der Waals surface area (Å²) in [7, 11) is 1.61. The summed E-state index contributed by atoms with van der Waals surface area (Å²) in [6.45, 7) is 3.13. The van der Waals surface area contributed by atoms with Crippen LogP contribution in [0.3, 0.4) is 0 Å². The van der Waals surface area contributed by atoms with E-state index in [2.05, 4.69) is 5.10 Å². The third kappa shape index (κ3) is 3.98. The molecule has 6 nitrogen and oxygen atoms in total. The summed E-state index contributed by atoms with van der Waals surface area (Å²) in [5, 5.41) is 4.98. The van der Waals surface area contributed by atoms with E-state index in [1.165, 1.54) is 0 Å². The summed E-state index contributed by atoms with van der Waals surface area (Å²) >= 11 is 6.06. The first kappa shape index (κ1) is 18.2. The van der Waals surface area contributed by atoms with E-state index in [9.17, 15) is 4.79 Å². The monoisotopic (exact) mass is 373 g/mol. The third-order valence-electron chi connectivity index (χ3n) is 4.07. The summed E-state index contributed by atoms with van der Waals surface area (Å²) < 4.78 is 12.2. The molecule has 3 aromatic rings. The number of aromatic nitrogens is 2. The lowest BCUT2D eigenvalue weighted by Gasteiger charge is -2.21. The highest BCUT2D eigenvalue weighted by atomic mass is 35.5. The molecular weight excluding hydrogens is 354 g/mol. The van der Waals surface area contributed by atoms with Gasteiger partial charge in [-0.3, -0.25) is 4.79 Å². The van der Waals surface area contributed by atoms with Gasteiger partial charge in [0.15, 0.2) is 0 Å². The molecule has 1 aromatic carbocycles. The van der Waals surface area contributed by atoms with Crippen molar-refractivity contribution in [2.75, 3.05) is 20.3 Å². The average Bonchev–Trinajstić information content (AvgIpc) is 3.27. The van der Waals surface area contributed by atoms with Crippen molar-refractivity contribution in [1.29, 1.82) is 0 Å². The average molecular weight is 374 g/mol. The molecule has 0 unspecified atom stereocenters. The molecule has 0 bridgehead atoms. The molecule has 0 atom stereocenters. The predicted molar refractivity (Wildman–Crippen MR) is 98.6 cm³/mol. The number of carbonyl (C=O) groups is 1. The third-order valence-corrected chi connectivity index (χ3v) is 4.31. The van der Waals surface area contributed by atoms with Crippen molar-refractivity contribution in [3.05, 3.63) is 70.9 Å². The standard InChI is InChI=1S/C19H20ClN3O3/c1-14-18(12-21-23(14)16-6-3-5-15(20)11-16)19(24)22(8-10-25-2)13-17-7-4-9-26-17/h3-7,9,11-12H,8,10,13H2,1-2H3. The van der Waals surface area contributed by atoms with Crippen LogP contribution in [0.25, 0.3) is 5.69 Å². The number of rotatable bonds is 7. The van der Waals surface area contributed by atoms with E-state index >= 15 is 0 Å². The van der Waals surface area contributed by atoms with E-state index in [-0.39, 0.29) is 5.91 Å². The topological polar surface area (TPSA) is 60.5 Å². The normalized spacial score (nSPS) is 10.9. The van der Waals surface area contributed by atoms with Crippen LogP contribution >= 0.6 is 11.6 Å². The number of halogens is 1. The van der Waals surface area contributed by atoms with E-state index in [1.807, 2.05) is 25.1 Å². The fourth-order valence-electron chi connectivity index (χ4n) is 2.70. The van der Waals surface area contributed by atoms with Gasteiger partial charge in [0.25, 0.3) is 5.91 Å². The van der Waals surface area contributed by atoms with Gasteiger partial charge in [-0.25, -0.2) is 4.68 Å². The summed E-state index contributed by atoms with van der Waals surface area (Å²) in [5.41, 5.74) is 2.09. The van der Waals surface area contributed by atoms with Crippen molar-refractivity contribution in [2.24, 2.45) is 0 Å². The molecule has 0 radical (unpaired) electrons. The van der Waals surface area contributed by atoms with Crippen LogP contribution in [0, 0.1) is 6.92 Å². The Labute approximate surface area is 156 Å². The largest absolute Gasteiger partial charge is 0.467 e. The van der Waals surface area contributed by atoms with Crippen LogP contribution in [0.2, 0.25) is 5.02 Å². The lowest BCUT2D eigenvalue weighted by molar-refractivity contribution is 0.0666. The maximum Gasteiger partial charge on any atom is 0.257 e. The molecule has 0 aliphatic carbocycles. The highest BCUT2D eigenvalue weighted by Crippen LogP contribution is 2.19. The van der Waals surface area contributed by atoms with Crippen molar-refractivity contribution >= 4 is 17.5 Å². The highest BCUT2D eigenvalue weighted by molar-refractivity contribution is 6.30. The fraction of sp³-hybridized carbons (Fsp3) is 0.263. The smallest absolute Gasteiger partial charge is 0.257 e. The minimum Gasteiger partial charge on any atom is -0.467 e. The van der Waals surface area contributed by atoms with E-state index < -0.39 is 0 Å². The molecule has 0 N–H and O–H groups in total. The Morgan fingerprint density at radius 1 is 1.35 bits per heavy atom. The molecule has 0 aliphatic heterocycles. The molecule has 3 rings (SSSR count). The van der Waals surface area contributed by atoms with Gasteiger partial charge in [-0.05, 0) is 37.3 Å². The second kappa shape index (κ2) is 8.21. The molecule has 0 spiro atoms. The van der Waals surface area contributed by atoms with Crippen molar-refractivity contribution in [1.82, 2.24) is 14.7 Å². The molecular formula is C19H20ClN3O3. The number of methoxy groups -OCH3 is 1. The van der Waals surface area contributed by atoms with Crippen LogP contribution in [-0.2, 0) is 11.3 Å². The summed E-state index contributed by atoms with van der Waals surface area (Å²) in [5.74, 6) is 0.596. The van der Waals surface area contributed by atoms with Crippen LogP contribution < -0.4 is 0 Å². The van der Waals surface area contributed by atoms with Gasteiger partial charge >= 0.3 is 0 Å². The van der Waals surface area contributed by atoms with Gasteiger partial charge in [-0.15, -0.1) is 0 Å². The minimum absolute atomic E-state index is 0.121. The SMILES string of the molecule is COCCN(Cc1ccco1)C(=O)c1cnn(-c2cccc(Cl)c2)c1C. The Bertz CT molecular complexity index is 874. The van der Waals surface area contributed by atoms with Gasteiger partial charge in [0.1, 0.15) is 5.76 Å². The number of ether oxygens (including phenoxy) is 1. The first-order chi connectivity index (χ1) is 12.6. The molecule has 7 heteroatoms. The molecule has 0 saturated carbocycles. The van der Waals surface area contributed by atoms with Crippen molar-refractivity contribution in [3.8, 4) is 5.69 Å². The van der Waals surface area contributed by atoms with Gasteiger partial charge < -0.3 is 14.1 Å². The molecule has 2 heterocycles. The molecule has 26 heavy (non-hydrogen) atoms. The van der Waals surface area contributed by atoms with Crippen molar-refractivity contribution in [2.45, 2.75) is 13.5 Å². The number of amides is 1. The number of nitrogens with zero attached hydrogens (tertiary/aromatic N) is 3. The molecule has 136 valence electrons. The Balaban J connectivity index is 1.87. The van der Waals surface area contributed by atoms with Crippen LogP contribution in [0.1, 0.15) is 21.8 Å². The molecule has 2 aromatic heterocycles. The number of furan rings is 1. The second-order valence-corrected chi connectivity index (χ2v) is 6.27. The van der Waals surface area contributed by atoms with E-state index in [0.29, 0.717) is 36.0 Å². The Hall–Kier alpha value is -2.57. The number of hydrogen-bond acceptors (Lipinski definition) is 4. The zero-order valence-corrected chi connectivity index (χ0v) is 15.4. The van der Waals surface area contributed by atoms with E-state index in [4.69, 9.17) is 20.8 Å². The van der Waals surface area contributed by atoms with Gasteiger partial charge in [0.2, 0.25) is 0 Å². The second-order valence-electron chi connectivity index (χ2n) is 5.83. The minimum atomic E-state index is -0.121. The molecule has 1 amide bonds. The molecule has 0 saturated heterocycles. The fourth-order valence-corrected chi connectivity index (χ4v) is 2.89. The van der Waals surface area contributed by atoms with Crippen LogP contribution in [0.5, 0.6) is 0 Å². The van der Waals surface area contributed by atoms with Gasteiger partial charge in [-0.2, -0.15) is 5.10 Å².